The first kappa shape index (κ1) is 18.5. The maximum atomic E-state index is 12.6. The zero-order valence-electron chi connectivity index (χ0n) is 14.8. The molecule has 1 N–H and O–H groups in total. The lowest BCUT2D eigenvalue weighted by Gasteiger charge is -2.32. The van der Waals surface area contributed by atoms with Crippen LogP contribution in [-0.4, -0.2) is 29.8 Å². The molecule has 1 fully saturated rings. The van der Waals surface area contributed by atoms with Crippen LogP contribution in [0.2, 0.25) is 5.02 Å². The van der Waals surface area contributed by atoms with Gasteiger partial charge in [0.1, 0.15) is 0 Å². The van der Waals surface area contributed by atoms with Crippen molar-refractivity contribution in [2.75, 3.05) is 13.1 Å². The smallest absolute Gasteiger partial charge is 0.255 e. The Bertz CT molecular complexity index is 771. The fourth-order valence-corrected chi connectivity index (χ4v) is 3.52. The zero-order valence-corrected chi connectivity index (χ0v) is 15.6. The summed E-state index contributed by atoms with van der Waals surface area (Å²) in [6.45, 7) is 3.13. The number of carbonyl (C=O) groups excluding carboxylic acids is 2. The molecular weight excluding hydrogens is 348 g/mol. The average molecular weight is 371 g/mol. The Labute approximate surface area is 159 Å². The Morgan fingerprint density at radius 1 is 1.04 bits per heavy atom. The first-order chi connectivity index (χ1) is 12.6. The van der Waals surface area contributed by atoms with E-state index in [1.54, 1.807) is 17.0 Å². The zero-order chi connectivity index (χ0) is 18.5. The van der Waals surface area contributed by atoms with Crippen molar-refractivity contribution >= 4 is 23.4 Å². The largest absolute Gasteiger partial charge is 0.349 e. The predicted molar refractivity (Wildman–Crippen MR) is 103 cm³/mol. The van der Waals surface area contributed by atoms with Crippen LogP contribution in [-0.2, 0) is 4.79 Å². The summed E-state index contributed by atoms with van der Waals surface area (Å²) in [5.74, 6) is -0.0604. The highest BCUT2D eigenvalue weighted by atomic mass is 35.5. The molecule has 0 radical (unpaired) electrons. The number of hydrogen-bond donors (Lipinski definition) is 1. The number of piperidine rings is 1. The molecule has 2 aromatic rings. The topological polar surface area (TPSA) is 49.4 Å². The molecule has 0 spiro atoms. The van der Waals surface area contributed by atoms with Gasteiger partial charge in [0.05, 0.1) is 16.6 Å². The molecule has 4 nitrogen and oxygen atoms in total. The Kier molecular flexibility index (Phi) is 5.94. The van der Waals surface area contributed by atoms with Crippen molar-refractivity contribution in [1.82, 2.24) is 10.2 Å². The van der Waals surface area contributed by atoms with Gasteiger partial charge in [-0.2, -0.15) is 0 Å². The van der Waals surface area contributed by atoms with Gasteiger partial charge < -0.3 is 10.2 Å². The van der Waals surface area contributed by atoms with Gasteiger partial charge in [-0.3, -0.25) is 9.59 Å². The van der Waals surface area contributed by atoms with Crippen LogP contribution in [0.4, 0.5) is 0 Å². The molecule has 0 bridgehead atoms. The second-order valence-corrected chi connectivity index (χ2v) is 7.09. The molecule has 26 heavy (non-hydrogen) atoms. The summed E-state index contributed by atoms with van der Waals surface area (Å²) in [5.41, 5.74) is 1.61. The summed E-state index contributed by atoms with van der Waals surface area (Å²) >= 11 is 6.12. The van der Waals surface area contributed by atoms with Gasteiger partial charge in [0.2, 0.25) is 5.91 Å². The fourth-order valence-electron chi connectivity index (χ4n) is 3.31. The predicted octanol–water partition coefficient (Wildman–Crippen LogP) is 4.07. The minimum atomic E-state index is -0.0629. The van der Waals surface area contributed by atoms with Gasteiger partial charge in [-0.15, -0.1) is 0 Å². The second-order valence-electron chi connectivity index (χ2n) is 6.69. The molecule has 0 aromatic heterocycles. The van der Waals surface area contributed by atoms with Crippen LogP contribution in [0.25, 0.3) is 0 Å². The molecule has 2 amide bonds. The van der Waals surface area contributed by atoms with Crippen LogP contribution >= 0.6 is 11.6 Å². The SMILES string of the molecule is CC(NC(=O)C1CCN(C(=O)c2ccccc2Cl)CC1)c1ccccc1. The maximum Gasteiger partial charge on any atom is 0.255 e. The molecule has 1 unspecified atom stereocenters. The highest BCUT2D eigenvalue weighted by Crippen LogP contribution is 2.23. The third kappa shape index (κ3) is 4.25. The minimum absolute atomic E-state index is 0.0218. The lowest BCUT2D eigenvalue weighted by molar-refractivity contribution is -0.126. The monoisotopic (exact) mass is 370 g/mol. The molecule has 1 atom stereocenters. The second kappa shape index (κ2) is 8.37. The van der Waals surface area contributed by atoms with Crippen molar-refractivity contribution in [3.05, 3.63) is 70.7 Å². The number of rotatable bonds is 4. The summed E-state index contributed by atoms with van der Waals surface area (Å²) < 4.78 is 0. The Balaban J connectivity index is 1.54. The molecule has 0 saturated carbocycles. The lowest BCUT2D eigenvalue weighted by Crippen LogP contribution is -2.43. The van der Waals surface area contributed by atoms with Crippen LogP contribution in [0.3, 0.4) is 0 Å². The van der Waals surface area contributed by atoms with Gasteiger partial charge in [0, 0.05) is 19.0 Å². The lowest BCUT2D eigenvalue weighted by atomic mass is 9.94. The van der Waals surface area contributed by atoms with E-state index in [0.29, 0.717) is 36.5 Å². The van der Waals surface area contributed by atoms with Gasteiger partial charge in [-0.05, 0) is 37.5 Å². The van der Waals surface area contributed by atoms with Gasteiger partial charge >= 0.3 is 0 Å². The van der Waals surface area contributed by atoms with E-state index in [0.717, 1.165) is 5.56 Å². The van der Waals surface area contributed by atoms with Crippen molar-refractivity contribution in [3.63, 3.8) is 0 Å². The van der Waals surface area contributed by atoms with E-state index >= 15 is 0 Å². The highest BCUT2D eigenvalue weighted by Gasteiger charge is 2.29. The maximum absolute atomic E-state index is 12.6. The normalized spacial score (nSPS) is 16.2. The molecule has 5 heteroatoms. The number of nitrogens with one attached hydrogen (secondary N) is 1. The first-order valence-corrected chi connectivity index (χ1v) is 9.33. The highest BCUT2D eigenvalue weighted by molar-refractivity contribution is 6.33. The number of nitrogens with zero attached hydrogens (tertiary/aromatic N) is 1. The van der Waals surface area contributed by atoms with E-state index in [1.807, 2.05) is 49.4 Å². The molecule has 1 aliphatic heterocycles. The van der Waals surface area contributed by atoms with Gasteiger partial charge in [-0.25, -0.2) is 0 Å². The number of halogens is 1. The summed E-state index contributed by atoms with van der Waals surface area (Å²) in [6.07, 6.45) is 1.34. The quantitative estimate of drug-likeness (QED) is 0.881. The molecular formula is C21H23ClN2O2. The molecule has 3 rings (SSSR count). The van der Waals surface area contributed by atoms with E-state index in [4.69, 9.17) is 11.6 Å². The van der Waals surface area contributed by atoms with Crippen LogP contribution < -0.4 is 5.32 Å². The summed E-state index contributed by atoms with van der Waals surface area (Å²) in [7, 11) is 0. The van der Waals surface area contributed by atoms with Crippen molar-refractivity contribution in [3.8, 4) is 0 Å². The number of benzene rings is 2. The standard InChI is InChI=1S/C21H23ClN2O2/c1-15(16-7-3-2-4-8-16)23-20(25)17-11-13-24(14-12-17)21(26)18-9-5-6-10-19(18)22/h2-10,15,17H,11-14H2,1H3,(H,23,25). The Morgan fingerprint density at radius 2 is 1.65 bits per heavy atom. The third-order valence-electron chi connectivity index (χ3n) is 4.92. The number of hydrogen-bond acceptors (Lipinski definition) is 2. The van der Waals surface area contributed by atoms with Gasteiger partial charge in [0.15, 0.2) is 0 Å². The van der Waals surface area contributed by atoms with E-state index in [1.165, 1.54) is 0 Å². The van der Waals surface area contributed by atoms with E-state index in [-0.39, 0.29) is 23.8 Å². The van der Waals surface area contributed by atoms with E-state index < -0.39 is 0 Å². The molecule has 136 valence electrons. The average Bonchev–Trinajstić information content (AvgIpc) is 2.68. The molecule has 0 aliphatic carbocycles. The molecule has 1 saturated heterocycles. The van der Waals surface area contributed by atoms with Crippen molar-refractivity contribution < 1.29 is 9.59 Å². The van der Waals surface area contributed by atoms with E-state index in [9.17, 15) is 9.59 Å². The number of amides is 2. The van der Waals surface area contributed by atoms with Crippen molar-refractivity contribution in [1.29, 1.82) is 0 Å². The molecule has 1 heterocycles. The fraction of sp³-hybridized carbons (Fsp3) is 0.333. The molecule has 1 aliphatic rings. The Hall–Kier alpha value is -2.33. The molecule has 2 aromatic carbocycles. The van der Waals surface area contributed by atoms with Crippen LogP contribution in [0.15, 0.2) is 54.6 Å². The van der Waals surface area contributed by atoms with Gasteiger partial charge in [-0.1, -0.05) is 54.1 Å². The summed E-state index contributed by atoms with van der Waals surface area (Å²) in [6, 6.07) is 17.0. The first-order valence-electron chi connectivity index (χ1n) is 8.95. The number of carbonyl (C=O) groups is 2. The summed E-state index contributed by atoms with van der Waals surface area (Å²) in [5, 5.41) is 3.55. The van der Waals surface area contributed by atoms with Gasteiger partial charge in [0.25, 0.3) is 5.91 Å². The van der Waals surface area contributed by atoms with Crippen LogP contribution in [0, 0.1) is 5.92 Å². The van der Waals surface area contributed by atoms with Crippen LogP contribution in [0.5, 0.6) is 0 Å². The number of likely N-dealkylation sites (tertiary alicyclic amines) is 1. The minimum Gasteiger partial charge on any atom is -0.349 e. The van der Waals surface area contributed by atoms with E-state index in [2.05, 4.69) is 5.32 Å². The summed E-state index contributed by atoms with van der Waals surface area (Å²) in [4.78, 5) is 26.9. The van der Waals surface area contributed by atoms with Crippen molar-refractivity contribution in [2.24, 2.45) is 5.92 Å². The Morgan fingerprint density at radius 3 is 2.31 bits per heavy atom. The third-order valence-corrected chi connectivity index (χ3v) is 5.25. The van der Waals surface area contributed by atoms with Crippen molar-refractivity contribution in [2.45, 2.75) is 25.8 Å². The van der Waals surface area contributed by atoms with Crippen LogP contribution in [0.1, 0.15) is 41.7 Å².